The quantitative estimate of drug-likeness (QED) is 0.120. The lowest BCUT2D eigenvalue weighted by molar-refractivity contribution is 0.109. The van der Waals surface area contributed by atoms with E-state index in [9.17, 15) is 0 Å². The fourth-order valence-corrected chi connectivity index (χ4v) is 11.7. The summed E-state index contributed by atoms with van der Waals surface area (Å²) in [5.41, 5.74) is 0. The van der Waals surface area contributed by atoms with Gasteiger partial charge >= 0.3 is 23.0 Å². The van der Waals surface area contributed by atoms with Crippen molar-refractivity contribution in [2.45, 2.75) is 0 Å². The first-order valence-electron chi connectivity index (χ1n) is 11.2. The minimum Gasteiger partial charge on any atom is -0.382 e. The smallest absolute Gasteiger partial charge is 0.349 e. The van der Waals surface area contributed by atoms with Gasteiger partial charge in [0, 0.05) is 42.7 Å². The van der Waals surface area contributed by atoms with E-state index in [0.717, 1.165) is 0 Å². The highest BCUT2D eigenvalue weighted by Gasteiger charge is 2.43. The maximum Gasteiger partial charge on any atom is 0.349 e. The SMILES string of the molecule is COCCOP1(OCCOC)=NP(OCCOC)(OCCOC)=NP(OCCOC)(OCCOC)=N1. The van der Waals surface area contributed by atoms with Crippen molar-refractivity contribution in [2.75, 3.05) is 122 Å². The summed E-state index contributed by atoms with van der Waals surface area (Å²) in [6.07, 6.45) is 0. The molecule has 0 amide bonds. The molecular weight excluding hydrogens is 543 g/mol. The summed E-state index contributed by atoms with van der Waals surface area (Å²) in [5, 5.41) is 0. The Kier molecular flexibility index (Phi) is 19.2. The normalized spacial score (nSPS) is 17.8. The molecular formula is C18H42N3O12P3. The third-order valence-electron chi connectivity index (χ3n) is 3.96. The van der Waals surface area contributed by atoms with Crippen molar-refractivity contribution in [1.29, 1.82) is 0 Å². The van der Waals surface area contributed by atoms with Crippen molar-refractivity contribution in [3.8, 4) is 0 Å². The number of hydrogen-bond donors (Lipinski definition) is 0. The van der Waals surface area contributed by atoms with Crippen LogP contribution in [0, 0.1) is 0 Å². The van der Waals surface area contributed by atoms with Gasteiger partial charge in [0.25, 0.3) is 0 Å². The number of hydrogen-bond acceptors (Lipinski definition) is 15. The summed E-state index contributed by atoms with van der Waals surface area (Å²) < 4.78 is 82.0. The van der Waals surface area contributed by atoms with Crippen molar-refractivity contribution in [3.63, 3.8) is 0 Å². The summed E-state index contributed by atoms with van der Waals surface area (Å²) in [4.78, 5) is 0. The van der Waals surface area contributed by atoms with Gasteiger partial charge in [-0.15, -0.1) is 13.5 Å². The zero-order chi connectivity index (χ0) is 26.6. The third kappa shape index (κ3) is 12.8. The summed E-state index contributed by atoms with van der Waals surface area (Å²) >= 11 is 0. The molecule has 0 aromatic carbocycles. The van der Waals surface area contributed by atoms with E-state index < -0.39 is 23.0 Å². The highest BCUT2D eigenvalue weighted by molar-refractivity contribution is 7.78. The summed E-state index contributed by atoms with van der Waals surface area (Å²) in [6, 6.07) is 0. The molecule has 1 aliphatic heterocycles. The lowest BCUT2D eigenvalue weighted by Gasteiger charge is -2.33. The van der Waals surface area contributed by atoms with Gasteiger partial charge in [-0.2, -0.15) is 0 Å². The van der Waals surface area contributed by atoms with Crippen molar-refractivity contribution < 1.29 is 55.6 Å². The molecule has 0 aromatic heterocycles. The Bertz CT molecular complexity index is 590. The molecule has 36 heavy (non-hydrogen) atoms. The topological polar surface area (TPSA) is 148 Å². The maximum atomic E-state index is 6.12. The molecule has 0 fully saturated rings. The standard InChI is InChI=1S/C18H42N3O12P3/c1-22-7-13-28-34(29-14-8-23-2)19-35(30-15-9-24-3,31-16-10-25-4)21-36(20-34,32-17-11-26-5)33-18-12-27-6/h7-18H2,1-6H3. The molecule has 0 saturated carbocycles. The molecule has 0 N–H and O–H groups in total. The Hall–Kier alpha value is 0.210. The molecule has 1 heterocycles. The van der Waals surface area contributed by atoms with Gasteiger partial charge < -0.3 is 55.6 Å². The van der Waals surface area contributed by atoms with Crippen LogP contribution in [0.1, 0.15) is 0 Å². The summed E-state index contributed by atoms with van der Waals surface area (Å²) in [5.74, 6) is 0. The number of ether oxygens (including phenoxy) is 6. The average molecular weight is 585 g/mol. The average Bonchev–Trinajstić information content (AvgIpc) is 2.85. The summed E-state index contributed by atoms with van der Waals surface area (Å²) in [6.45, 7) is 2.47. The zero-order valence-corrected chi connectivity index (χ0v) is 24.8. The molecule has 0 atom stereocenters. The lowest BCUT2D eigenvalue weighted by atomic mass is 10.8. The van der Waals surface area contributed by atoms with E-state index in [2.05, 4.69) is 0 Å². The maximum absolute atomic E-state index is 6.12. The summed E-state index contributed by atoms with van der Waals surface area (Å²) in [7, 11) is -1.02. The molecule has 0 radical (unpaired) electrons. The van der Waals surface area contributed by atoms with E-state index in [1.54, 1.807) is 42.7 Å². The molecule has 18 heteroatoms. The first-order valence-corrected chi connectivity index (χ1v) is 15.8. The predicted octanol–water partition coefficient (Wildman–Crippen LogP) is 3.82. The van der Waals surface area contributed by atoms with Gasteiger partial charge in [-0.3, -0.25) is 0 Å². The largest absolute Gasteiger partial charge is 0.382 e. The molecule has 0 spiro atoms. The minimum atomic E-state index is -3.46. The number of nitrogens with zero attached hydrogens (tertiary/aromatic N) is 3. The van der Waals surface area contributed by atoms with Crippen LogP contribution in [0.4, 0.5) is 0 Å². The second-order valence-electron chi connectivity index (χ2n) is 6.70. The third-order valence-corrected chi connectivity index (χ3v) is 12.5. The molecule has 0 saturated heterocycles. The van der Waals surface area contributed by atoms with Crippen LogP contribution < -0.4 is 0 Å². The molecule has 1 aliphatic rings. The van der Waals surface area contributed by atoms with Gasteiger partial charge in [-0.1, -0.05) is 0 Å². The highest BCUT2D eigenvalue weighted by Crippen LogP contribution is 2.80. The van der Waals surface area contributed by atoms with Crippen LogP contribution in [0.25, 0.3) is 0 Å². The minimum absolute atomic E-state index is 0.135. The first kappa shape index (κ1) is 34.2. The zero-order valence-electron chi connectivity index (χ0n) is 22.1. The van der Waals surface area contributed by atoms with Gasteiger partial charge in [0.1, 0.15) is 0 Å². The van der Waals surface area contributed by atoms with Crippen LogP contribution in [0.5, 0.6) is 0 Å². The van der Waals surface area contributed by atoms with Crippen LogP contribution in [0.15, 0.2) is 13.5 Å². The van der Waals surface area contributed by atoms with Crippen molar-refractivity contribution >= 4 is 23.0 Å². The van der Waals surface area contributed by atoms with Crippen molar-refractivity contribution in [1.82, 2.24) is 0 Å². The monoisotopic (exact) mass is 585 g/mol. The van der Waals surface area contributed by atoms with E-state index >= 15 is 0 Å². The Morgan fingerprint density at radius 3 is 0.611 bits per heavy atom. The van der Waals surface area contributed by atoms with Crippen LogP contribution in [-0.2, 0) is 55.6 Å². The molecule has 0 aromatic rings. The van der Waals surface area contributed by atoms with Gasteiger partial charge in [0.15, 0.2) is 0 Å². The van der Waals surface area contributed by atoms with Crippen molar-refractivity contribution in [2.24, 2.45) is 13.5 Å². The Morgan fingerprint density at radius 1 is 0.306 bits per heavy atom. The van der Waals surface area contributed by atoms with Crippen molar-refractivity contribution in [3.05, 3.63) is 0 Å². The Balaban J connectivity index is 3.72. The van der Waals surface area contributed by atoms with Gasteiger partial charge in [-0.25, -0.2) is 0 Å². The molecule has 0 unspecified atom stereocenters. The lowest BCUT2D eigenvalue weighted by Crippen LogP contribution is -2.12. The van der Waals surface area contributed by atoms with E-state index in [0.29, 0.717) is 0 Å². The fraction of sp³-hybridized carbons (Fsp3) is 1.00. The highest BCUT2D eigenvalue weighted by atomic mass is 31.3. The number of methoxy groups -OCH3 is 6. The van der Waals surface area contributed by atoms with E-state index in [4.69, 9.17) is 69.1 Å². The number of rotatable bonds is 24. The molecule has 1 rings (SSSR count). The van der Waals surface area contributed by atoms with Gasteiger partial charge in [0.05, 0.1) is 79.3 Å². The predicted molar refractivity (Wildman–Crippen MR) is 135 cm³/mol. The molecule has 15 nitrogen and oxygen atoms in total. The first-order chi connectivity index (χ1) is 17.5. The Morgan fingerprint density at radius 2 is 0.472 bits per heavy atom. The van der Waals surface area contributed by atoms with Crippen LogP contribution in [0.2, 0.25) is 0 Å². The van der Waals surface area contributed by atoms with E-state index in [1.807, 2.05) is 0 Å². The molecule has 0 bridgehead atoms. The van der Waals surface area contributed by atoms with E-state index in [1.165, 1.54) is 0 Å². The van der Waals surface area contributed by atoms with Crippen LogP contribution in [0.3, 0.4) is 0 Å². The Labute approximate surface area is 214 Å². The second-order valence-corrected chi connectivity index (χ2v) is 13.3. The van der Waals surface area contributed by atoms with Gasteiger partial charge in [-0.05, 0) is 0 Å². The van der Waals surface area contributed by atoms with Gasteiger partial charge in [0.2, 0.25) is 0 Å². The fourth-order valence-electron chi connectivity index (χ4n) is 2.34. The second kappa shape index (κ2) is 20.2. The van der Waals surface area contributed by atoms with Crippen LogP contribution in [-0.4, -0.2) is 122 Å². The van der Waals surface area contributed by atoms with Crippen LogP contribution >= 0.6 is 23.0 Å². The van der Waals surface area contributed by atoms with E-state index in [-0.39, 0.29) is 79.3 Å². The molecule has 0 aliphatic carbocycles. The molecule has 216 valence electrons.